The van der Waals surface area contributed by atoms with Gasteiger partial charge in [0.15, 0.2) is 6.61 Å². The molecule has 3 N–H and O–H groups in total. The molecule has 0 unspecified atom stereocenters. The van der Waals surface area contributed by atoms with E-state index in [9.17, 15) is 9.59 Å². The molecule has 0 spiro atoms. The molecule has 0 atom stereocenters. The Labute approximate surface area is 108 Å². The summed E-state index contributed by atoms with van der Waals surface area (Å²) in [4.78, 5) is 25.5. The Balaban J connectivity index is 2.36. The van der Waals surface area contributed by atoms with Crippen LogP contribution in [0.25, 0.3) is 11.0 Å². The smallest absolute Gasteiger partial charge is 0.344 e. The fourth-order valence-corrected chi connectivity index (χ4v) is 1.82. The number of anilines is 1. The van der Waals surface area contributed by atoms with Crippen LogP contribution in [0.5, 0.6) is 5.75 Å². The number of hydrogen-bond acceptors (Lipinski definition) is 5. The fraction of sp³-hybridized carbons (Fsp3) is 0.333. The van der Waals surface area contributed by atoms with E-state index in [0.717, 1.165) is 0 Å². The van der Waals surface area contributed by atoms with Gasteiger partial charge in [-0.3, -0.25) is 4.57 Å². The van der Waals surface area contributed by atoms with Crippen molar-refractivity contribution in [2.45, 2.75) is 6.92 Å². The SMILES string of the molecule is CCOC(=O)COc1cc(N)cc2[nH]c(=O)n(C)c12. The third-order valence-corrected chi connectivity index (χ3v) is 2.63. The molecule has 19 heavy (non-hydrogen) atoms. The van der Waals surface area contributed by atoms with Gasteiger partial charge < -0.3 is 20.2 Å². The topological polar surface area (TPSA) is 99.3 Å². The number of hydrogen-bond donors (Lipinski definition) is 2. The van der Waals surface area contributed by atoms with Gasteiger partial charge in [-0.2, -0.15) is 0 Å². The van der Waals surface area contributed by atoms with Crippen molar-refractivity contribution in [1.29, 1.82) is 0 Å². The standard InChI is InChI=1S/C12H15N3O4/c1-3-18-10(16)6-19-9-5-7(13)4-8-11(9)15(2)12(17)14-8/h4-5H,3,6,13H2,1-2H3,(H,14,17). The fourth-order valence-electron chi connectivity index (χ4n) is 1.82. The van der Waals surface area contributed by atoms with Crippen LogP contribution in [-0.2, 0) is 16.6 Å². The average Bonchev–Trinajstić information content (AvgIpc) is 2.62. The molecule has 7 nitrogen and oxygen atoms in total. The van der Waals surface area contributed by atoms with Crippen LogP contribution >= 0.6 is 0 Å². The number of carbonyl (C=O) groups is 1. The van der Waals surface area contributed by atoms with Gasteiger partial charge >= 0.3 is 11.7 Å². The molecular weight excluding hydrogens is 250 g/mol. The lowest BCUT2D eigenvalue weighted by molar-refractivity contribution is -0.145. The highest BCUT2D eigenvalue weighted by atomic mass is 16.6. The van der Waals surface area contributed by atoms with E-state index in [2.05, 4.69) is 4.98 Å². The van der Waals surface area contributed by atoms with Crippen LogP contribution in [0.15, 0.2) is 16.9 Å². The second-order valence-corrected chi connectivity index (χ2v) is 4.00. The molecule has 0 amide bonds. The summed E-state index contributed by atoms with van der Waals surface area (Å²) in [6, 6.07) is 3.20. The molecule has 0 bridgehead atoms. The Kier molecular flexibility index (Phi) is 3.46. The minimum atomic E-state index is -0.474. The van der Waals surface area contributed by atoms with Gasteiger partial charge in [0.25, 0.3) is 0 Å². The molecular formula is C12H15N3O4. The molecule has 0 saturated heterocycles. The number of ether oxygens (including phenoxy) is 2. The van der Waals surface area contributed by atoms with E-state index in [1.54, 1.807) is 26.1 Å². The summed E-state index contributed by atoms with van der Waals surface area (Å²) in [5.41, 5.74) is 7.00. The summed E-state index contributed by atoms with van der Waals surface area (Å²) in [6.45, 7) is 1.77. The van der Waals surface area contributed by atoms with Crippen molar-refractivity contribution in [3.8, 4) is 5.75 Å². The quantitative estimate of drug-likeness (QED) is 0.615. The van der Waals surface area contributed by atoms with E-state index in [1.165, 1.54) is 4.57 Å². The molecule has 0 fully saturated rings. The van der Waals surface area contributed by atoms with Crippen LogP contribution < -0.4 is 16.2 Å². The number of nitrogens with two attached hydrogens (primary N) is 1. The molecule has 1 heterocycles. The highest BCUT2D eigenvalue weighted by Crippen LogP contribution is 2.26. The van der Waals surface area contributed by atoms with E-state index < -0.39 is 5.97 Å². The second-order valence-electron chi connectivity index (χ2n) is 4.00. The Hall–Kier alpha value is -2.44. The van der Waals surface area contributed by atoms with Crippen molar-refractivity contribution < 1.29 is 14.3 Å². The predicted molar refractivity (Wildman–Crippen MR) is 70.1 cm³/mol. The van der Waals surface area contributed by atoms with E-state index in [4.69, 9.17) is 15.2 Å². The number of fused-ring (bicyclic) bond motifs is 1. The van der Waals surface area contributed by atoms with Gasteiger partial charge in [0.05, 0.1) is 12.1 Å². The predicted octanol–water partition coefficient (Wildman–Crippen LogP) is 0.391. The molecule has 0 aliphatic rings. The molecule has 1 aromatic heterocycles. The van der Waals surface area contributed by atoms with Crippen LogP contribution in [0.4, 0.5) is 5.69 Å². The summed E-state index contributed by atoms with van der Waals surface area (Å²) in [6.07, 6.45) is 0. The number of aryl methyl sites for hydroxylation is 1. The number of nitrogen functional groups attached to an aromatic ring is 1. The van der Waals surface area contributed by atoms with Crippen molar-refractivity contribution in [3.63, 3.8) is 0 Å². The van der Waals surface area contributed by atoms with Crippen molar-refractivity contribution in [2.75, 3.05) is 18.9 Å². The summed E-state index contributed by atoms with van der Waals surface area (Å²) < 4.78 is 11.5. The first kappa shape index (κ1) is 13.0. The van der Waals surface area contributed by atoms with Gasteiger partial charge in [0, 0.05) is 18.8 Å². The zero-order valence-corrected chi connectivity index (χ0v) is 10.7. The zero-order valence-electron chi connectivity index (χ0n) is 10.7. The second kappa shape index (κ2) is 5.05. The normalized spacial score (nSPS) is 10.6. The number of nitrogens with one attached hydrogen (secondary N) is 1. The third-order valence-electron chi connectivity index (χ3n) is 2.63. The van der Waals surface area contributed by atoms with Gasteiger partial charge in [-0.1, -0.05) is 0 Å². The summed E-state index contributed by atoms with van der Waals surface area (Å²) in [7, 11) is 1.61. The van der Waals surface area contributed by atoms with E-state index in [-0.39, 0.29) is 18.9 Å². The number of imidazole rings is 1. The van der Waals surface area contributed by atoms with Crippen LogP contribution in [0.1, 0.15) is 6.92 Å². The van der Waals surface area contributed by atoms with Crippen molar-refractivity contribution in [1.82, 2.24) is 9.55 Å². The maximum atomic E-state index is 11.6. The summed E-state index contributed by atoms with van der Waals surface area (Å²) >= 11 is 0. The monoisotopic (exact) mass is 265 g/mol. The van der Waals surface area contributed by atoms with Crippen molar-refractivity contribution in [3.05, 3.63) is 22.6 Å². The minimum absolute atomic E-state index is 0.230. The molecule has 1 aromatic carbocycles. The Morgan fingerprint density at radius 2 is 2.21 bits per heavy atom. The highest BCUT2D eigenvalue weighted by molar-refractivity contribution is 5.86. The number of aromatic nitrogens is 2. The molecule has 2 aromatic rings. The third kappa shape index (κ3) is 2.54. The number of esters is 1. The molecule has 2 rings (SSSR count). The lowest BCUT2D eigenvalue weighted by Crippen LogP contribution is -2.16. The number of benzene rings is 1. The van der Waals surface area contributed by atoms with Gasteiger partial charge in [-0.15, -0.1) is 0 Å². The van der Waals surface area contributed by atoms with E-state index in [1.807, 2.05) is 0 Å². The van der Waals surface area contributed by atoms with Crippen LogP contribution in [-0.4, -0.2) is 28.7 Å². The minimum Gasteiger partial charge on any atom is -0.480 e. The van der Waals surface area contributed by atoms with Crippen LogP contribution in [0.2, 0.25) is 0 Å². The highest BCUT2D eigenvalue weighted by Gasteiger charge is 2.12. The number of nitrogens with zero attached hydrogens (tertiary/aromatic N) is 1. The average molecular weight is 265 g/mol. The first-order valence-electron chi connectivity index (χ1n) is 5.79. The van der Waals surface area contributed by atoms with E-state index in [0.29, 0.717) is 22.5 Å². The Morgan fingerprint density at radius 1 is 1.47 bits per heavy atom. The molecule has 0 aliphatic heterocycles. The number of carbonyl (C=O) groups excluding carboxylic acids is 1. The maximum Gasteiger partial charge on any atom is 0.344 e. The molecule has 7 heteroatoms. The lowest BCUT2D eigenvalue weighted by atomic mass is 10.2. The largest absolute Gasteiger partial charge is 0.480 e. The lowest BCUT2D eigenvalue weighted by Gasteiger charge is -2.08. The Morgan fingerprint density at radius 3 is 2.89 bits per heavy atom. The first-order valence-corrected chi connectivity index (χ1v) is 5.79. The maximum absolute atomic E-state index is 11.6. The molecule has 0 saturated carbocycles. The summed E-state index contributed by atoms with van der Waals surface area (Å²) in [5, 5.41) is 0. The van der Waals surface area contributed by atoms with Gasteiger partial charge in [-0.25, -0.2) is 9.59 Å². The number of rotatable bonds is 4. The van der Waals surface area contributed by atoms with Gasteiger partial charge in [0.2, 0.25) is 0 Å². The van der Waals surface area contributed by atoms with E-state index >= 15 is 0 Å². The van der Waals surface area contributed by atoms with Crippen LogP contribution in [0.3, 0.4) is 0 Å². The van der Waals surface area contributed by atoms with Crippen molar-refractivity contribution in [2.24, 2.45) is 7.05 Å². The molecule has 0 radical (unpaired) electrons. The summed E-state index contributed by atoms with van der Waals surface area (Å²) in [5.74, 6) is -0.109. The molecule has 102 valence electrons. The van der Waals surface area contributed by atoms with Crippen LogP contribution in [0, 0.1) is 0 Å². The number of H-pyrrole nitrogens is 1. The van der Waals surface area contributed by atoms with Gasteiger partial charge in [0.1, 0.15) is 11.3 Å². The first-order chi connectivity index (χ1) is 9.02. The van der Waals surface area contributed by atoms with Gasteiger partial charge in [-0.05, 0) is 13.0 Å². The van der Waals surface area contributed by atoms with Crippen molar-refractivity contribution >= 4 is 22.7 Å². The zero-order chi connectivity index (χ0) is 14.0. The molecule has 0 aliphatic carbocycles. The Bertz CT molecular complexity index is 671. The number of aromatic amines is 1.